The third-order valence-electron chi connectivity index (χ3n) is 3.37. The Balaban J connectivity index is 1.73. The van der Waals surface area contributed by atoms with Crippen molar-refractivity contribution in [3.63, 3.8) is 0 Å². The van der Waals surface area contributed by atoms with E-state index in [-0.39, 0.29) is 11.9 Å². The second kappa shape index (κ2) is 6.04. The first kappa shape index (κ1) is 13.7. The van der Waals surface area contributed by atoms with E-state index >= 15 is 0 Å². The van der Waals surface area contributed by atoms with E-state index in [1.807, 2.05) is 5.38 Å². The largest absolute Gasteiger partial charge is 0.363 e. The second-order valence-electron chi connectivity index (χ2n) is 4.72. The van der Waals surface area contributed by atoms with Gasteiger partial charge in [-0.05, 0) is 19.3 Å². The molecule has 1 fully saturated rings. The highest BCUT2D eigenvalue weighted by atomic mass is 32.1. The van der Waals surface area contributed by atoms with Crippen LogP contribution < -0.4 is 5.32 Å². The van der Waals surface area contributed by atoms with Gasteiger partial charge in [0, 0.05) is 24.2 Å². The second-order valence-corrected chi connectivity index (χ2v) is 5.65. The number of anilines is 1. The van der Waals surface area contributed by atoms with Crippen molar-refractivity contribution in [2.75, 3.05) is 11.9 Å². The van der Waals surface area contributed by atoms with Crippen LogP contribution in [-0.2, 0) is 9.59 Å². The Hall–Kier alpha value is -2.22. The van der Waals surface area contributed by atoms with Gasteiger partial charge in [-0.15, -0.1) is 11.3 Å². The molecule has 0 saturated carbocycles. The molecule has 1 aliphatic heterocycles. The smallest absolute Gasteiger partial charge is 0.315 e. The third kappa shape index (κ3) is 2.94. The van der Waals surface area contributed by atoms with Gasteiger partial charge >= 0.3 is 11.8 Å². The Morgan fingerprint density at radius 2 is 2.33 bits per heavy atom. The Labute approximate surface area is 124 Å². The van der Waals surface area contributed by atoms with Crippen LogP contribution in [0.4, 0.5) is 5.82 Å². The topological polar surface area (TPSA) is 88.3 Å². The molecule has 0 bridgehead atoms. The van der Waals surface area contributed by atoms with Gasteiger partial charge in [0.2, 0.25) is 0 Å². The average Bonchev–Trinajstić information content (AvgIpc) is 3.19. The molecule has 2 amide bonds. The molecule has 8 heteroatoms. The number of hydrogen-bond acceptors (Lipinski definition) is 6. The highest BCUT2D eigenvalue weighted by Crippen LogP contribution is 2.32. The molecule has 110 valence electrons. The predicted octanol–water partition coefficient (Wildman–Crippen LogP) is 1.82. The van der Waals surface area contributed by atoms with Crippen molar-refractivity contribution in [3.05, 3.63) is 28.9 Å². The number of piperidine rings is 1. The molecular weight excluding hydrogens is 292 g/mol. The number of hydrogen-bond donors (Lipinski definition) is 1. The molecule has 1 aliphatic rings. The Morgan fingerprint density at radius 3 is 3.05 bits per heavy atom. The normalized spacial score (nSPS) is 18.5. The van der Waals surface area contributed by atoms with Crippen molar-refractivity contribution in [1.29, 1.82) is 0 Å². The fourth-order valence-corrected chi connectivity index (χ4v) is 3.19. The maximum atomic E-state index is 12.4. The van der Waals surface area contributed by atoms with E-state index in [0.717, 1.165) is 24.3 Å². The quantitative estimate of drug-likeness (QED) is 0.855. The van der Waals surface area contributed by atoms with E-state index in [4.69, 9.17) is 0 Å². The first-order valence-electron chi connectivity index (χ1n) is 6.67. The van der Waals surface area contributed by atoms with Gasteiger partial charge in [0.1, 0.15) is 11.3 Å². The number of likely N-dealkylation sites (tertiary alicyclic amines) is 1. The highest BCUT2D eigenvalue weighted by Gasteiger charge is 2.33. The zero-order valence-corrected chi connectivity index (χ0v) is 12.0. The summed E-state index contributed by atoms with van der Waals surface area (Å²) in [5.41, 5.74) is 0. The van der Waals surface area contributed by atoms with Crippen molar-refractivity contribution in [1.82, 2.24) is 15.0 Å². The molecule has 0 aromatic carbocycles. The van der Waals surface area contributed by atoms with Gasteiger partial charge in [0.15, 0.2) is 5.82 Å². The molecule has 3 rings (SSSR count). The summed E-state index contributed by atoms with van der Waals surface area (Å²) in [6, 6.07) is 1.37. The monoisotopic (exact) mass is 306 g/mol. The van der Waals surface area contributed by atoms with E-state index in [2.05, 4.69) is 20.0 Å². The summed E-state index contributed by atoms with van der Waals surface area (Å²) in [4.78, 5) is 30.3. The van der Waals surface area contributed by atoms with Crippen LogP contribution in [0.2, 0.25) is 0 Å². The van der Waals surface area contributed by atoms with Crippen molar-refractivity contribution in [3.8, 4) is 0 Å². The molecule has 3 heterocycles. The van der Waals surface area contributed by atoms with Crippen LogP contribution in [0.3, 0.4) is 0 Å². The molecule has 1 N–H and O–H groups in total. The standard InChI is InChI=1S/C13H14N4O3S/c18-11(15-10-4-7-20-16-10)13(19)17-6-2-1-3-9(17)12-14-5-8-21-12/h4-5,7-9H,1-3,6H2,(H,15,16,18)/t9-/m1/s1. The van der Waals surface area contributed by atoms with Gasteiger partial charge in [0.25, 0.3) is 0 Å². The molecule has 2 aromatic rings. The SMILES string of the molecule is O=C(Nc1ccon1)C(=O)N1CCCC[C@@H]1c1nccs1. The minimum atomic E-state index is -0.702. The number of nitrogens with zero attached hydrogens (tertiary/aromatic N) is 3. The lowest BCUT2D eigenvalue weighted by Crippen LogP contribution is -2.44. The number of nitrogens with one attached hydrogen (secondary N) is 1. The van der Waals surface area contributed by atoms with Gasteiger partial charge in [-0.3, -0.25) is 14.9 Å². The Bertz CT molecular complexity index is 611. The summed E-state index contributed by atoms with van der Waals surface area (Å²) in [7, 11) is 0. The fraction of sp³-hybridized carbons (Fsp3) is 0.385. The average molecular weight is 306 g/mol. The van der Waals surface area contributed by atoms with E-state index in [1.54, 1.807) is 11.1 Å². The minimum Gasteiger partial charge on any atom is -0.363 e. The number of rotatable bonds is 2. The van der Waals surface area contributed by atoms with E-state index in [0.29, 0.717) is 6.54 Å². The molecule has 0 radical (unpaired) electrons. The Morgan fingerprint density at radius 1 is 1.43 bits per heavy atom. The predicted molar refractivity (Wildman–Crippen MR) is 75.6 cm³/mol. The molecule has 0 spiro atoms. The van der Waals surface area contributed by atoms with Crippen LogP contribution >= 0.6 is 11.3 Å². The number of carbonyl (C=O) groups is 2. The number of amides is 2. The maximum Gasteiger partial charge on any atom is 0.315 e. The molecule has 0 aliphatic carbocycles. The minimum absolute atomic E-state index is 0.116. The maximum absolute atomic E-state index is 12.4. The van der Waals surface area contributed by atoms with Crippen LogP contribution in [0.1, 0.15) is 30.3 Å². The summed E-state index contributed by atoms with van der Waals surface area (Å²) in [5.74, 6) is -1.03. The summed E-state index contributed by atoms with van der Waals surface area (Å²) in [6.07, 6.45) is 5.80. The van der Waals surface area contributed by atoms with Gasteiger partial charge in [-0.2, -0.15) is 0 Å². The Kier molecular flexibility index (Phi) is 3.96. The van der Waals surface area contributed by atoms with Gasteiger partial charge < -0.3 is 9.42 Å². The van der Waals surface area contributed by atoms with Gasteiger partial charge in [0.05, 0.1) is 6.04 Å². The van der Waals surface area contributed by atoms with Crippen LogP contribution in [-0.4, -0.2) is 33.4 Å². The molecule has 1 saturated heterocycles. The molecule has 7 nitrogen and oxygen atoms in total. The number of aromatic nitrogens is 2. The number of carbonyl (C=O) groups excluding carboxylic acids is 2. The van der Waals surface area contributed by atoms with Gasteiger partial charge in [-0.1, -0.05) is 5.16 Å². The van der Waals surface area contributed by atoms with E-state index in [1.165, 1.54) is 23.7 Å². The molecule has 0 unspecified atom stereocenters. The van der Waals surface area contributed by atoms with Crippen LogP contribution in [0.15, 0.2) is 28.4 Å². The lowest BCUT2D eigenvalue weighted by molar-refractivity contribution is -0.145. The van der Waals surface area contributed by atoms with E-state index < -0.39 is 11.8 Å². The van der Waals surface area contributed by atoms with Crippen molar-refractivity contribution in [2.45, 2.75) is 25.3 Å². The van der Waals surface area contributed by atoms with E-state index in [9.17, 15) is 9.59 Å². The number of thiazole rings is 1. The lowest BCUT2D eigenvalue weighted by atomic mass is 10.0. The first-order valence-corrected chi connectivity index (χ1v) is 7.55. The lowest BCUT2D eigenvalue weighted by Gasteiger charge is -2.33. The molecule has 2 aromatic heterocycles. The molecular formula is C13H14N4O3S. The molecule has 1 atom stereocenters. The van der Waals surface area contributed by atoms with Crippen LogP contribution in [0.25, 0.3) is 0 Å². The zero-order valence-electron chi connectivity index (χ0n) is 11.2. The first-order chi connectivity index (χ1) is 10.3. The van der Waals surface area contributed by atoms with Crippen molar-refractivity contribution < 1.29 is 14.1 Å². The van der Waals surface area contributed by atoms with Crippen molar-refractivity contribution in [2.24, 2.45) is 0 Å². The van der Waals surface area contributed by atoms with Crippen molar-refractivity contribution >= 4 is 29.0 Å². The summed E-state index contributed by atoms with van der Waals surface area (Å²) < 4.78 is 4.62. The third-order valence-corrected chi connectivity index (χ3v) is 4.25. The zero-order chi connectivity index (χ0) is 14.7. The summed E-state index contributed by atoms with van der Waals surface area (Å²) in [6.45, 7) is 0.565. The summed E-state index contributed by atoms with van der Waals surface area (Å²) >= 11 is 1.50. The van der Waals surface area contributed by atoms with Crippen LogP contribution in [0.5, 0.6) is 0 Å². The fourth-order valence-electron chi connectivity index (χ4n) is 2.41. The molecule has 21 heavy (non-hydrogen) atoms. The highest BCUT2D eigenvalue weighted by molar-refractivity contribution is 7.09. The van der Waals surface area contributed by atoms with Crippen LogP contribution in [0, 0.1) is 0 Å². The summed E-state index contributed by atoms with van der Waals surface area (Å²) in [5, 5.41) is 8.75. The van der Waals surface area contributed by atoms with Gasteiger partial charge in [-0.25, -0.2) is 4.98 Å².